The molecule has 0 bridgehead atoms. The van der Waals surface area contributed by atoms with Crippen molar-refractivity contribution in [2.45, 2.75) is 33.2 Å². The van der Waals surface area contributed by atoms with E-state index < -0.39 is 0 Å². The zero-order chi connectivity index (χ0) is 21.1. The van der Waals surface area contributed by atoms with Crippen molar-refractivity contribution in [3.63, 3.8) is 0 Å². The molecular weight excluding hydrogens is 491 g/mol. The molecule has 0 heterocycles. The third kappa shape index (κ3) is 8.61. The Kier molecular flexibility index (Phi) is 11.9. The highest BCUT2D eigenvalue weighted by molar-refractivity contribution is 14.0. The summed E-state index contributed by atoms with van der Waals surface area (Å²) in [6.45, 7) is 5.34. The molecule has 6 nitrogen and oxygen atoms in total. The second kappa shape index (κ2) is 13.8. The highest BCUT2D eigenvalue weighted by Crippen LogP contribution is 2.13. The lowest BCUT2D eigenvalue weighted by Gasteiger charge is -2.14. The molecule has 2 aromatic carbocycles. The number of aliphatic imine (C=N–C) groups is 1. The molecule has 0 saturated carbocycles. The summed E-state index contributed by atoms with van der Waals surface area (Å²) >= 11 is 0. The predicted molar refractivity (Wildman–Crippen MR) is 135 cm³/mol. The van der Waals surface area contributed by atoms with E-state index in [2.05, 4.69) is 33.1 Å². The van der Waals surface area contributed by atoms with Crippen LogP contribution in [0.5, 0.6) is 5.75 Å². The van der Waals surface area contributed by atoms with Gasteiger partial charge in [-0.25, -0.2) is 0 Å². The number of nitrogens with one attached hydrogen (secondary N) is 3. The highest BCUT2D eigenvalue weighted by atomic mass is 127. The minimum absolute atomic E-state index is 0. The van der Waals surface area contributed by atoms with Crippen molar-refractivity contribution in [2.24, 2.45) is 10.9 Å². The molecule has 0 saturated heterocycles. The standard InChI is InChI=1S/C23H32N4O2.HI/c1-5-17(2)22(28)27-20-8-6-7-19(15-20)16-26-23(24-3)25-14-13-18-9-11-21(29-4)12-10-18;/h6-12,15,17H,5,13-14,16H2,1-4H3,(H,27,28)(H2,24,25,26);1H. The van der Waals surface area contributed by atoms with Crippen molar-refractivity contribution in [2.75, 3.05) is 26.0 Å². The molecule has 0 fully saturated rings. The molecule has 30 heavy (non-hydrogen) atoms. The molecule has 164 valence electrons. The van der Waals surface area contributed by atoms with Crippen LogP contribution < -0.4 is 20.7 Å². The summed E-state index contributed by atoms with van der Waals surface area (Å²) in [7, 11) is 3.42. The number of nitrogens with zero attached hydrogens (tertiary/aromatic N) is 1. The SMILES string of the molecule is CCC(C)C(=O)Nc1cccc(CNC(=NC)NCCc2ccc(OC)cc2)c1.I. The number of ether oxygens (including phenoxy) is 1. The van der Waals surface area contributed by atoms with Gasteiger partial charge < -0.3 is 20.7 Å². The Morgan fingerprint density at radius 1 is 1.10 bits per heavy atom. The molecule has 1 atom stereocenters. The van der Waals surface area contributed by atoms with Crippen LogP contribution >= 0.6 is 24.0 Å². The Labute approximate surface area is 196 Å². The van der Waals surface area contributed by atoms with E-state index in [0.717, 1.165) is 42.3 Å². The van der Waals surface area contributed by atoms with Crippen LogP contribution in [-0.2, 0) is 17.8 Å². The molecule has 0 aliphatic heterocycles. The van der Waals surface area contributed by atoms with E-state index in [9.17, 15) is 4.79 Å². The Hall–Kier alpha value is -2.29. The molecule has 0 spiro atoms. The number of methoxy groups -OCH3 is 1. The van der Waals surface area contributed by atoms with Crippen LogP contribution in [0.4, 0.5) is 5.69 Å². The number of carbonyl (C=O) groups excluding carboxylic acids is 1. The van der Waals surface area contributed by atoms with Gasteiger partial charge in [0.2, 0.25) is 5.91 Å². The number of carbonyl (C=O) groups is 1. The molecule has 3 N–H and O–H groups in total. The number of hydrogen-bond donors (Lipinski definition) is 3. The quantitative estimate of drug-likeness (QED) is 0.261. The third-order valence-corrected chi connectivity index (χ3v) is 4.80. The van der Waals surface area contributed by atoms with Crippen LogP contribution in [0.1, 0.15) is 31.4 Å². The first-order valence-electron chi connectivity index (χ1n) is 10.0. The fraction of sp³-hybridized carbons (Fsp3) is 0.391. The van der Waals surface area contributed by atoms with E-state index in [-0.39, 0.29) is 35.8 Å². The normalized spacial score (nSPS) is 11.8. The van der Waals surface area contributed by atoms with Crippen LogP contribution in [0.2, 0.25) is 0 Å². The largest absolute Gasteiger partial charge is 0.497 e. The second-order valence-electron chi connectivity index (χ2n) is 6.95. The van der Waals surface area contributed by atoms with Gasteiger partial charge in [0.05, 0.1) is 7.11 Å². The number of benzene rings is 2. The van der Waals surface area contributed by atoms with Gasteiger partial charge in [-0.2, -0.15) is 0 Å². The number of guanidine groups is 1. The van der Waals surface area contributed by atoms with Gasteiger partial charge in [0.25, 0.3) is 0 Å². The summed E-state index contributed by atoms with van der Waals surface area (Å²) in [4.78, 5) is 16.3. The van der Waals surface area contributed by atoms with Crippen LogP contribution in [0, 0.1) is 5.92 Å². The van der Waals surface area contributed by atoms with Gasteiger partial charge in [-0.3, -0.25) is 9.79 Å². The van der Waals surface area contributed by atoms with Gasteiger partial charge in [-0.1, -0.05) is 38.1 Å². The van der Waals surface area contributed by atoms with Crippen molar-refractivity contribution in [3.05, 3.63) is 59.7 Å². The van der Waals surface area contributed by atoms with E-state index in [1.165, 1.54) is 5.56 Å². The average molecular weight is 524 g/mol. The van der Waals surface area contributed by atoms with E-state index in [1.54, 1.807) is 14.2 Å². The summed E-state index contributed by atoms with van der Waals surface area (Å²) < 4.78 is 5.18. The van der Waals surface area contributed by atoms with E-state index in [4.69, 9.17) is 4.74 Å². The molecular formula is C23H33IN4O2. The lowest BCUT2D eigenvalue weighted by molar-refractivity contribution is -0.119. The Bertz CT molecular complexity index is 809. The summed E-state index contributed by atoms with van der Waals surface area (Å²) in [6, 6.07) is 15.9. The van der Waals surface area contributed by atoms with Gasteiger partial charge in [0.1, 0.15) is 5.75 Å². The second-order valence-corrected chi connectivity index (χ2v) is 6.95. The summed E-state index contributed by atoms with van der Waals surface area (Å²) in [5.41, 5.74) is 3.13. The van der Waals surface area contributed by atoms with Gasteiger partial charge in [-0.05, 0) is 48.2 Å². The number of rotatable bonds is 9. The minimum atomic E-state index is 0. The van der Waals surface area contributed by atoms with Gasteiger partial charge in [0, 0.05) is 31.7 Å². The number of amides is 1. The third-order valence-electron chi connectivity index (χ3n) is 4.80. The van der Waals surface area contributed by atoms with Crippen LogP contribution in [0.25, 0.3) is 0 Å². The summed E-state index contributed by atoms with van der Waals surface area (Å²) in [6.07, 6.45) is 1.72. The first kappa shape index (κ1) is 25.7. The molecule has 0 radical (unpaired) electrons. The zero-order valence-corrected chi connectivity index (χ0v) is 20.5. The first-order valence-corrected chi connectivity index (χ1v) is 10.0. The van der Waals surface area contributed by atoms with Crippen molar-refractivity contribution in [1.29, 1.82) is 0 Å². The number of halogens is 1. The predicted octanol–water partition coefficient (Wildman–Crippen LogP) is 4.21. The maximum Gasteiger partial charge on any atom is 0.227 e. The van der Waals surface area contributed by atoms with Crippen molar-refractivity contribution in [3.8, 4) is 5.75 Å². The van der Waals surface area contributed by atoms with E-state index in [0.29, 0.717) is 6.54 Å². The number of anilines is 1. The average Bonchev–Trinajstić information content (AvgIpc) is 2.76. The Morgan fingerprint density at radius 2 is 1.83 bits per heavy atom. The molecule has 0 aliphatic carbocycles. The molecule has 0 aromatic heterocycles. The Balaban J connectivity index is 0.00000450. The lowest BCUT2D eigenvalue weighted by Crippen LogP contribution is -2.37. The van der Waals surface area contributed by atoms with Gasteiger partial charge >= 0.3 is 0 Å². The van der Waals surface area contributed by atoms with E-state index in [1.807, 2.05) is 50.2 Å². The minimum Gasteiger partial charge on any atom is -0.497 e. The fourth-order valence-electron chi connectivity index (χ4n) is 2.73. The maximum atomic E-state index is 12.1. The number of hydrogen-bond acceptors (Lipinski definition) is 3. The van der Waals surface area contributed by atoms with Crippen LogP contribution in [0.3, 0.4) is 0 Å². The van der Waals surface area contributed by atoms with Crippen molar-refractivity contribution in [1.82, 2.24) is 10.6 Å². The van der Waals surface area contributed by atoms with Crippen molar-refractivity contribution < 1.29 is 9.53 Å². The molecule has 1 amide bonds. The summed E-state index contributed by atoms with van der Waals surface area (Å²) in [5, 5.41) is 9.61. The summed E-state index contributed by atoms with van der Waals surface area (Å²) in [5.74, 6) is 1.66. The Morgan fingerprint density at radius 3 is 2.47 bits per heavy atom. The van der Waals surface area contributed by atoms with Crippen molar-refractivity contribution >= 4 is 41.5 Å². The molecule has 1 unspecified atom stereocenters. The fourth-order valence-corrected chi connectivity index (χ4v) is 2.73. The van der Waals surface area contributed by atoms with Crippen LogP contribution in [0.15, 0.2) is 53.5 Å². The maximum absolute atomic E-state index is 12.1. The van der Waals surface area contributed by atoms with Crippen LogP contribution in [-0.4, -0.2) is 32.6 Å². The molecule has 7 heteroatoms. The molecule has 2 aromatic rings. The zero-order valence-electron chi connectivity index (χ0n) is 18.2. The van der Waals surface area contributed by atoms with Gasteiger partial charge in [0.15, 0.2) is 5.96 Å². The van der Waals surface area contributed by atoms with Gasteiger partial charge in [-0.15, -0.1) is 24.0 Å². The van der Waals surface area contributed by atoms with E-state index >= 15 is 0 Å². The lowest BCUT2D eigenvalue weighted by atomic mass is 10.1. The topological polar surface area (TPSA) is 74.8 Å². The highest BCUT2D eigenvalue weighted by Gasteiger charge is 2.10. The molecule has 0 aliphatic rings. The smallest absolute Gasteiger partial charge is 0.227 e. The molecule has 2 rings (SSSR count). The first-order chi connectivity index (χ1) is 14.0. The monoisotopic (exact) mass is 524 g/mol.